The molecule has 0 radical (unpaired) electrons. The number of amides is 1. The Balaban J connectivity index is 1.82. The molecule has 4 heterocycles. The molecule has 100 valence electrons. The molecule has 0 spiro atoms. The molecular formula is C13H17N5O. The summed E-state index contributed by atoms with van der Waals surface area (Å²) in [4.78, 5) is 18.8. The van der Waals surface area contributed by atoms with Crippen LogP contribution in [0.5, 0.6) is 0 Å². The molecule has 6 heteroatoms. The molecule has 1 aromatic rings. The summed E-state index contributed by atoms with van der Waals surface area (Å²) in [7, 11) is 0. The van der Waals surface area contributed by atoms with Crippen LogP contribution in [0.25, 0.3) is 0 Å². The highest BCUT2D eigenvalue weighted by Gasteiger charge is 2.43. The number of nitrogens with one attached hydrogen (secondary N) is 1. The van der Waals surface area contributed by atoms with Crippen molar-refractivity contribution >= 4 is 11.7 Å². The highest BCUT2D eigenvalue weighted by Crippen LogP contribution is 2.32. The standard InChI is InChI=1S/C13H17N5O/c19-12-10-4-3-5-14-11(10)18(16-7-1-2-8-16)13-15-6-9-17(12)13/h3-5,13,15H,1-2,6-9H2. The Morgan fingerprint density at radius 1 is 1.26 bits per heavy atom. The van der Waals surface area contributed by atoms with Crippen molar-refractivity contribution in [3.05, 3.63) is 23.9 Å². The lowest BCUT2D eigenvalue weighted by molar-refractivity contribution is 0.0630. The maximum Gasteiger partial charge on any atom is 0.260 e. The molecule has 19 heavy (non-hydrogen) atoms. The fourth-order valence-electron chi connectivity index (χ4n) is 3.20. The van der Waals surface area contributed by atoms with Gasteiger partial charge in [-0.3, -0.25) is 15.1 Å². The third-order valence-electron chi connectivity index (χ3n) is 4.09. The SMILES string of the molecule is O=C1c2cccnc2N(N2CCCC2)C2NCCN12. The molecule has 4 rings (SSSR count). The van der Waals surface area contributed by atoms with Gasteiger partial charge in [0.1, 0.15) is 0 Å². The Bertz CT molecular complexity index is 514. The van der Waals surface area contributed by atoms with E-state index in [0.29, 0.717) is 5.56 Å². The number of aromatic nitrogens is 1. The van der Waals surface area contributed by atoms with Gasteiger partial charge < -0.3 is 4.90 Å². The average molecular weight is 259 g/mol. The van der Waals surface area contributed by atoms with Gasteiger partial charge in [-0.1, -0.05) is 0 Å². The molecule has 1 amide bonds. The lowest BCUT2D eigenvalue weighted by Gasteiger charge is -2.44. The minimum absolute atomic E-state index is 0.0620. The second kappa shape index (κ2) is 4.18. The van der Waals surface area contributed by atoms with Crippen LogP contribution in [0.4, 0.5) is 5.82 Å². The number of hydrogen-bond acceptors (Lipinski definition) is 5. The lowest BCUT2D eigenvalue weighted by atomic mass is 10.2. The van der Waals surface area contributed by atoms with Gasteiger partial charge in [0.05, 0.1) is 5.56 Å². The van der Waals surface area contributed by atoms with E-state index >= 15 is 0 Å². The zero-order valence-electron chi connectivity index (χ0n) is 10.7. The highest BCUT2D eigenvalue weighted by molar-refractivity contribution is 6.01. The molecule has 1 N–H and O–H groups in total. The summed E-state index contributed by atoms with van der Waals surface area (Å²) in [6.07, 6.45) is 4.12. The number of hydrazine groups is 1. The van der Waals surface area contributed by atoms with Crippen molar-refractivity contribution in [2.24, 2.45) is 0 Å². The minimum Gasteiger partial charge on any atom is -0.303 e. The van der Waals surface area contributed by atoms with Gasteiger partial charge in [0.25, 0.3) is 5.91 Å². The van der Waals surface area contributed by atoms with E-state index in [1.807, 2.05) is 17.0 Å². The van der Waals surface area contributed by atoms with Gasteiger partial charge in [-0.05, 0) is 25.0 Å². The number of nitrogens with zero attached hydrogens (tertiary/aromatic N) is 4. The fourth-order valence-corrected chi connectivity index (χ4v) is 3.20. The van der Waals surface area contributed by atoms with Gasteiger partial charge >= 0.3 is 0 Å². The number of anilines is 1. The highest BCUT2D eigenvalue weighted by atomic mass is 16.2. The Kier molecular flexibility index (Phi) is 2.46. The van der Waals surface area contributed by atoms with Crippen molar-refractivity contribution in [2.75, 3.05) is 31.2 Å². The van der Waals surface area contributed by atoms with E-state index in [1.54, 1.807) is 6.20 Å². The van der Waals surface area contributed by atoms with E-state index in [9.17, 15) is 4.79 Å². The molecule has 1 unspecified atom stereocenters. The molecule has 0 saturated carbocycles. The second-order valence-electron chi connectivity index (χ2n) is 5.21. The largest absolute Gasteiger partial charge is 0.303 e. The first-order valence-corrected chi connectivity index (χ1v) is 6.90. The van der Waals surface area contributed by atoms with Gasteiger partial charge in [0, 0.05) is 32.4 Å². The van der Waals surface area contributed by atoms with Crippen LogP contribution in [-0.2, 0) is 0 Å². The number of fused-ring (bicyclic) bond motifs is 2. The van der Waals surface area contributed by atoms with Gasteiger partial charge in [0.2, 0.25) is 0 Å². The summed E-state index contributed by atoms with van der Waals surface area (Å²) in [6.45, 7) is 3.68. The molecule has 0 aromatic carbocycles. The fraction of sp³-hybridized carbons (Fsp3) is 0.538. The lowest BCUT2D eigenvalue weighted by Crippen LogP contribution is -2.62. The van der Waals surface area contributed by atoms with Gasteiger partial charge in [-0.15, -0.1) is 0 Å². The van der Waals surface area contributed by atoms with E-state index in [-0.39, 0.29) is 12.2 Å². The van der Waals surface area contributed by atoms with Crippen LogP contribution < -0.4 is 10.3 Å². The van der Waals surface area contributed by atoms with E-state index in [2.05, 4.69) is 20.3 Å². The maximum atomic E-state index is 12.5. The van der Waals surface area contributed by atoms with Crippen LogP contribution >= 0.6 is 0 Å². The smallest absolute Gasteiger partial charge is 0.260 e. The van der Waals surface area contributed by atoms with E-state index in [4.69, 9.17) is 0 Å². The summed E-state index contributed by atoms with van der Waals surface area (Å²) < 4.78 is 0. The van der Waals surface area contributed by atoms with E-state index < -0.39 is 0 Å². The molecule has 3 aliphatic heterocycles. The van der Waals surface area contributed by atoms with Crippen LogP contribution in [-0.4, -0.2) is 53.3 Å². The third kappa shape index (κ3) is 1.56. The Labute approximate surface area is 112 Å². The third-order valence-corrected chi connectivity index (χ3v) is 4.09. The molecule has 3 aliphatic rings. The molecule has 6 nitrogen and oxygen atoms in total. The molecule has 0 bridgehead atoms. The van der Waals surface area contributed by atoms with Crippen LogP contribution in [0.2, 0.25) is 0 Å². The first kappa shape index (κ1) is 11.2. The van der Waals surface area contributed by atoms with E-state index in [0.717, 1.165) is 32.0 Å². The molecule has 2 fully saturated rings. The summed E-state index contributed by atoms with van der Waals surface area (Å²) in [5.41, 5.74) is 0.717. The molecule has 1 atom stereocenters. The quantitative estimate of drug-likeness (QED) is 0.783. The summed E-state index contributed by atoms with van der Waals surface area (Å²) >= 11 is 0. The maximum absolute atomic E-state index is 12.5. The minimum atomic E-state index is -0.0620. The van der Waals surface area contributed by atoms with Crippen LogP contribution in [0.3, 0.4) is 0 Å². The van der Waals surface area contributed by atoms with Gasteiger partial charge in [0.15, 0.2) is 12.1 Å². The average Bonchev–Trinajstić information content (AvgIpc) is 3.10. The Morgan fingerprint density at radius 3 is 2.95 bits per heavy atom. The first-order valence-electron chi connectivity index (χ1n) is 6.90. The number of rotatable bonds is 1. The topological polar surface area (TPSA) is 51.7 Å². The summed E-state index contributed by atoms with van der Waals surface area (Å²) in [6, 6.07) is 3.71. The predicted molar refractivity (Wildman–Crippen MR) is 70.4 cm³/mol. The Hall–Kier alpha value is -1.66. The molecule has 1 aromatic heterocycles. The zero-order chi connectivity index (χ0) is 12.8. The van der Waals surface area contributed by atoms with Crippen molar-refractivity contribution in [3.63, 3.8) is 0 Å². The number of carbonyl (C=O) groups is 1. The van der Waals surface area contributed by atoms with E-state index in [1.165, 1.54) is 12.8 Å². The molecule has 0 aliphatic carbocycles. The first-order chi connectivity index (χ1) is 9.36. The second-order valence-corrected chi connectivity index (χ2v) is 5.21. The number of hydrogen-bond donors (Lipinski definition) is 1. The van der Waals surface area contributed by atoms with Gasteiger partial charge in [-0.25, -0.2) is 9.99 Å². The number of pyridine rings is 1. The monoisotopic (exact) mass is 259 g/mol. The summed E-state index contributed by atoms with van der Waals surface area (Å²) in [5.74, 6) is 0.888. The van der Waals surface area contributed by atoms with Crippen molar-refractivity contribution in [1.29, 1.82) is 0 Å². The van der Waals surface area contributed by atoms with Gasteiger partial charge in [-0.2, -0.15) is 0 Å². The van der Waals surface area contributed by atoms with Crippen molar-refractivity contribution in [1.82, 2.24) is 20.2 Å². The van der Waals surface area contributed by atoms with Crippen molar-refractivity contribution in [3.8, 4) is 0 Å². The molecular weight excluding hydrogens is 242 g/mol. The number of carbonyl (C=O) groups excluding carboxylic acids is 1. The van der Waals surface area contributed by atoms with Crippen molar-refractivity contribution < 1.29 is 4.79 Å². The predicted octanol–water partition coefficient (Wildman–Crippen LogP) is 0.241. The summed E-state index contributed by atoms with van der Waals surface area (Å²) in [5, 5.41) is 7.90. The van der Waals surface area contributed by atoms with Crippen molar-refractivity contribution in [2.45, 2.75) is 19.1 Å². The van der Waals surface area contributed by atoms with Crippen LogP contribution in [0.15, 0.2) is 18.3 Å². The van der Waals surface area contributed by atoms with Crippen LogP contribution in [0, 0.1) is 0 Å². The zero-order valence-corrected chi connectivity index (χ0v) is 10.7. The normalized spacial score (nSPS) is 26.7. The molecule has 2 saturated heterocycles. The Morgan fingerprint density at radius 2 is 2.11 bits per heavy atom. The van der Waals surface area contributed by atoms with Crippen LogP contribution in [0.1, 0.15) is 23.2 Å².